The Hall–Kier alpha value is -1.77. The Morgan fingerprint density at radius 2 is 2.06 bits per heavy atom. The van der Waals surface area contributed by atoms with E-state index in [1.54, 1.807) is 12.1 Å². The number of hydrogen-bond donors (Lipinski definition) is 1. The number of benzene rings is 1. The predicted molar refractivity (Wildman–Crippen MR) is 60.1 cm³/mol. The van der Waals surface area contributed by atoms with Crippen molar-refractivity contribution in [2.45, 2.75) is 25.4 Å². The summed E-state index contributed by atoms with van der Waals surface area (Å²) in [6.45, 7) is 3.64. The summed E-state index contributed by atoms with van der Waals surface area (Å²) < 4.78 is 5.13. The van der Waals surface area contributed by atoms with Crippen molar-refractivity contribution in [3.05, 3.63) is 42.0 Å². The Morgan fingerprint density at radius 1 is 1.38 bits per heavy atom. The molecular formula is C13H14O3. The maximum atomic E-state index is 11.1. The zero-order valence-corrected chi connectivity index (χ0v) is 8.98. The lowest BCUT2D eigenvalue weighted by molar-refractivity contribution is -0.138. The minimum atomic E-state index is -0.268. The van der Waals surface area contributed by atoms with Crippen molar-refractivity contribution in [3.63, 3.8) is 0 Å². The molecule has 1 aromatic carbocycles. The van der Waals surface area contributed by atoms with Crippen molar-refractivity contribution in [1.29, 1.82) is 0 Å². The second kappa shape index (κ2) is 4.39. The highest BCUT2D eigenvalue weighted by molar-refractivity contribution is 5.89. The average Bonchev–Trinajstić information content (AvgIpc) is 2.58. The Kier molecular flexibility index (Phi) is 2.95. The van der Waals surface area contributed by atoms with E-state index in [1.807, 2.05) is 12.1 Å². The number of hydrogen-bond acceptors (Lipinski definition) is 3. The number of carbonyl (C=O) groups excluding carboxylic acids is 1. The number of ether oxygens (including phenoxy) is 1. The number of esters is 1. The third kappa shape index (κ3) is 2.42. The Balaban J connectivity index is 1.86. The first-order chi connectivity index (χ1) is 7.65. The molecule has 3 nitrogen and oxygen atoms in total. The van der Waals surface area contributed by atoms with Gasteiger partial charge >= 0.3 is 5.97 Å². The number of aryl methyl sites for hydroxylation is 1. The number of carbonyl (C=O) groups is 1. The van der Waals surface area contributed by atoms with Gasteiger partial charge in [0.05, 0.1) is 0 Å². The minimum absolute atomic E-state index is 0.0335. The van der Waals surface area contributed by atoms with Crippen LogP contribution in [0.2, 0.25) is 0 Å². The van der Waals surface area contributed by atoms with Crippen LogP contribution in [-0.2, 0) is 16.0 Å². The van der Waals surface area contributed by atoms with Crippen LogP contribution in [0.25, 0.3) is 0 Å². The zero-order valence-electron chi connectivity index (χ0n) is 8.98. The summed E-state index contributed by atoms with van der Waals surface area (Å²) in [4.78, 5) is 11.1. The Labute approximate surface area is 94.4 Å². The summed E-state index contributed by atoms with van der Waals surface area (Å²) in [7, 11) is 0. The predicted octanol–water partition coefficient (Wildman–Crippen LogP) is 2.20. The molecule has 1 aliphatic rings. The smallest absolute Gasteiger partial charge is 0.333 e. The van der Waals surface area contributed by atoms with Gasteiger partial charge in [-0.1, -0.05) is 18.7 Å². The SMILES string of the molecule is C=C1CC(CCc2ccc(O)cc2)OC1=O. The maximum Gasteiger partial charge on any atom is 0.333 e. The van der Waals surface area contributed by atoms with Gasteiger partial charge < -0.3 is 9.84 Å². The molecule has 16 heavy (non-hydrogen) atoms. The molecule has 84 valence electrons. The van der Waals surface area contributed by atoms with Crippen LogP contribution in [0, 0.1) is 0 Å². The second-order valence-electron chi connectivity index (χ2n) is 4.04. The molecule has 1 heterocycles. The molecule has 2 rings (SSSR count). The van der Waals surface area contributed by atoms with Crippen LogP contribution in [0.15, 0.2) is 36.4 Å². The molecule has 0 spiro atoms. The lowest BCUT2D eigenvalue weighted by Crippen LogP contribution is -2.07. The molecule has 3 heteroatoms. The van der Waals surface area contributed by atoms with Gasteiger partial charge in [0.25, 0.3) is 0 Å². The van der Waals surface area contributed by atoms with Crippen molar-refractivity contribution in [3.8, 4) is 5.75 Å². The van der Waals surface area contributed by atoms with E-state index in [1.165, 1.54) is 0 Å². The highest BCUT2D eigenvalue weighted by Crippen LogP contribution is 2.22. The fourth-order valence-corrected chi connectivity index (χ4v) is 1.79. The Bertz CT molecular complexity index is 390. The molecule has 1 aromatic rings. The van der Waals surface area contributed by atoms with E-state index < -0.39 is 0 Å². The van der Waals surface area contributed by atoms with Gasteiger partial charge in [-0.3, -0.25) is 0 Å². The first kappa shape index (κ1) is 10.7. The molecular weight excluding hydrogens is 204 g/mol. The van der Waals surface area contributed by atoms with E-state index in [2.05, 4.69) is 6.58 Å². The van der Waals surface area contributed by atoms with Crippen LogP contribution in [0.3, 0.4) is 0 Å². The normalized spacial score (nSPS) is 19.9. The second-order valence-corrected chi connectivity index (χ2v) is 4.04. The number of phenolic OH excluding ortho intramolecular Hbond substituents is 1. The number of cyclic esters (lactones) is 1. The molecule has 0 saturated carbocycles. The average molecular weight is 218 g/mol. The lowest BCUT2D eigenvalue weighted by Gasteiger charge is -2.08. The van der Waals surface area contributed by atoms with Crippen LogP contribution in [-0.4, -0.2) is 17.2 Å². The highest BCUT2D eigenvalue weighted by Gasteiger charge is 2.26. The molecule has 0 amide bonds. The van der Waals surface area contributed by atoms with Crippen LogP contribution < -0.4 is 0 Å². The first-order valence-corrected chi connectivity index (χ1v) is 5.32. The first-order valence-electron chi connectivity index (χ1n) is 5.32. The standard InChI is InChI=1S/C13H14O3/c1-9-8-12(16-13(9)15)7-4-10-2-5-11(14)6-3-10/h2-3,5-6,12,14H,1,4,7-8H2. The molecule has 1 fully saturated rings. The van der Waals surface area contributed by atoms with E-state index in [0.717, 1.165) is 18.4 Å². The van der Waals surface area contributed by atoms with Gasteiger partial charge in [0.15, 0.2) is 0 Å². The monoisotopic (exact) mass is 218 g/mol. The maximum absolute atomic E-state index is 11.1. The van der Waals surface area contributed by atoms with Crippen molar-refractivity contribution in [1.82, 2.24) is 0 Å². The largest absolute Gasteiger partial charge is 0.508 e. The van der Waals surface area contributed by atoms with Gasteiger partial charge in [-0.15, -0.1) is 0 Å². The van der Waals surface area contributed by atoms with Gasteiger partial charge in [-0.05, 0) is 30.5 Å². The summed E-state index contributed by atoms with van der Waals surface area (Å²) in [6, 6.07) is 7.08. The third-order valence-corrected chi connectivity index (χ3v) is 2.73. The van der Waals surface area contributed by atoms with Crippen LogP contribution >= 0.6 is 0 Å². The molecule has 1 N–H and O–H groups in total. The molecule has 0 bridgehead atoms. The van der Waals surface area contributed by atoms with E-state index >= 15 is 0 Å². The summed E-state index contributed by atoms with van der Waals surface area (Å²) >= 11 is 0. The molecule has 1 saturated heterocycles. The van der Waals surface area contributed by atoms with E-state index in [-0.39, 0.29) is 17.8 Å². The quantitative estimate of drug-likeness (QED) is 0.625. The van der Waals surface area contributed by atoms with Crippen molar-refractivity contribution in [2.24, 2.45) is 0 Å². The van der Waals surface area contributed by atoms with Crippen molar-refractivity contribution >= 4 is 5.97 Å². The van der Waals surface area contributed by atoms with Gasteiger partial charge in [0.2, 0.25) is 0 Å². The lowest BCUT2D eigenvalue weighted by atomic mass is 10.0. The number of aromatic hydroxyl groups is 1. The Morgan fingerprint density at radius 3 is 2.62 bits per heavy atom. The molecule has 0 aromatic heterocycles. The summed E-state index contributed by atoms with van der Waals surface area (Å²) in [5, 5.41) is 9.12. The molecule has 1 unspecified atom stereocenters. The van der Waals surface area contributed by atoms with Crippen LogP contribution in [0.1, 0.15) is 18.4 Å². The molecule has 1 atom stereocenters. The van der Waals surface area contributed by atoms with Crippen LogP contribution in [0.5, 0.6) is 5.75 Å². The molecule has 0 aliphatic carbocycles. The van der Waals surface area contributed by atoms with Gasteiger partial charge in [0, 0.05) is 12.0 Å². The van der Waals surface area contributed by atoms with E-state index in [9.17, 15) is 4.79 Å². The zero-order chi connectivity index (χ0) is 11.5. The van der Waals surface area contributed by atoms with E-state index in [4.69, 9.17) is 9.84 Å². The van der Waals surface area contributed by atoms with Crippen LogP contribution in [0.4, 0.5) is 0 Å². The molecule has 1 aliphatic heterocycles. The fourth-order valence-electron chi connectivity index (χ4n) is 1.79. The summed E-state index contributed by atoms with van der Waals surface area (Å²) in [6.07, 6.45) is 2.24. The fraction of sp³-hybridized carbons (Fsp3) is 0.308. The summed E-state index contributed by atoms with van der Waals surface area (Å²) in [5.41, 5.74) is 1.70. The minimum Gasteiger partial charge on any atom is -0.508 e. The third-order valence-electron chi connectivity index (χ3n) is 2.73. The van der Waals surface area contributed by atoms with Gasteiger partial charge in [0.1, 0.15) is 11.9 Å². The van der Waals surface area contributed by atoms with Crippen molar-refractivity contribution < 1.29 is 14.6 Å². The molecule has 0 radical (unpaired) electrons. The van der Waals surface area contributed by atoms with Gasteiger partial charge in [-0.2, -0.15) is 0 Å². The van der Waals surface area contributed by atoms with Gasteiger partial charge in [-0.25, -0.2) is 4.79 Å². The highest BCUT2D eigenvalue weighted by atomic mass is 16.5. The van der Waals surface area contributed by atoms with E-state index in [0.29, 0.717) is 12.0 Å². The number of phenols is 1. The summed E-state index contributed by atoms with van der Waals surface area (Å²) in [5.74, 6) is 0.000119. The number of rotatable bonds is 3. The van der Waals surface area contributed by atoms with Crippen molar-refractivity contribution in [2.75, 3.05) is 0 Å². The topological polar surface area (TPSA) is 46.5 Å².